The van der Waals surface area contributed by atoms with Crippen molar-refractivity contribution < 1.29 is 4.57 Å². The Hall–Kier alpha value is -2.35. The maximum atomic E-state index is 2.67. The van der Waals surface area contributed by atoms with E-state index in [4.69, 9.17) is 0 Å². The Kier molecular flexibility index (Phi) is 25.4. The third-order valence-corrected chi connectivity index (χ3v) is 11.8. The van der Waals surface area contributed by atoms with Gasteiger partial charge in [-0.1, -0.05) is 216 Å². The fourth-order valence-electron chi connectivity index (χ4n) is 8.38. The first-order valence-corrected chi connectivity index (χ1v) is 22.9. The van der Waals surface area contributed by atoms with Gasteiger partial charge < -0.3 is 0 Å². The molecule has 2 atom stereocenters. The van der Waals surface area contributed by atoms with E-state index in [0.717, 1.165) is 12.8 Å². The number of rotatable bonds is 34. The molecule has 0 aliphatic carbocycles. The summed E-state index contributed by atoms with van der Waals surface area (Å²) in [5.74, 6) is 2.08. The lowest BCUT2D eigenvalue weighted by molar-refractivity contribution is -0.704. The maximum Gasteiger partial charge on any atom is 0.256 e. The molecule has 0 aliphatic rings. The monoisotopic (exact) mass is 712 g/mol. The highest BCUT2D eigenvalue weighted by atomic mass is 15.2. The third kappa shape index (κ3) is 19.6. The smallest absolute Gasteiger partial charge is 0.234 e. The van der Waals surface area contributed by atoms with E-state index in [0.29, 0.717) is 12.0 Å². The molecule has 0 aliphatic heterocycles. The number of imidazole rings is 1. The molecule has 0 saturated heterocycles. The summed E-state index contributed by atoms with van der Waals surface area (Å²) in [6.45, 7) is 8.26. The molecular formula is C50H83N2+. The molecule has 0 saturated carbocycles. The lowest BCUT2D eigenvalue weighted by atomic mass is 9.88. The van der Waals surface area contributed by atoms with Crippen LogP contribution in [0.1, 0.15) is 223 Å². The van der Waals surface area contributed by atoms with Crippen LogP contribution in [0.4, 0.5) is 0 Å². The summed E-state index contributed by atoms with van der Waals surface area (Å²) in [6.07, 6.45) is 45.1. The van der Waals surface area contributed by atoms with E-state index in [9.17, 15) is 0 Å². The van der Waals surface area contributed by atoms with Crippen molar-refractivity contribution >= 4 is 0 Å². The molecule has 292 valence electrons. The Morgan fingerprint density at radius 2 is 0.942 bits per heavy atom. The molecule has 2 unspecified atom stereocenters. The van der Waals surface area contributed by atoms with Gasteiger partial charge in [0.05, 0.1) is 12.6 Å². The van der Waals surface area contributed by atoms with Crippen LogP contribution in [0.25, 0.3) is 0 Å². The van der Waals surface area contributed by atoms with Gasteiger partial charge in [0.2, 0.25) is 0 Å². The standard InChI is InChI=1S/C50H83N2/c1-4-6-8-10-12-14-15-16-17-18-19-20-21-22-24-26-34-42-51-43-44-52(46(3)35-29-25-23-13-11-9-7-5-2)50(51)41-40-49(48-38-32-28-33-39-48)45-47-36-30-27-31-37-47/h27-28,30-33,36-39,43-44,46,49H,4-26,29,34-35,40-42,45H2,1-3H3/q+1. The number of aromatic nitrogens is 2. The van der Waals surface area contributed by atoms with Gasteiger partial charge in [-0.3, -0.25) is 0 Å². The lowest BCUT2D eigenvalue weighted by Crippen LogP contribution is -2.38. The van der Waals surface area contributed by atoms with E-state index in [2.05, 4.69) is 103 Å². The normalized spacial score (nSPS) is 12.8. The van der Waals surface area contributed by atoms with E-state index >= 15 is 0 Å². The Bertz CT molecular complexity index is 1200. The SMILES string of the molecule is CCCCCCCCCCCCCCCCCCC[n+]1ccn(C(C)CCCCCCCCCC)c1CCC(Cc1ccccc1)c1ccccc1. The quantitative estimate of drug-likeness (QED) is 0.0431. The van der Waals surface area contributed by atoms with Crippen molar-refractivity contribution in [3.05, 3.63) is 90.0 Å². The van der Waals surface area contributed by atoms with E-state index < -0.39 is 0 Å². The average Bonchev–Trinajstić information content (AvgIpc) is 3.58. The summed E-state index contributed by atoms with van der Waals surface area (Å²) in [4.78, 5) is 0. The van der Waals surface area contributed by atoms with Gasteiger partial charge in [0.25, 0.3) is 5.82 Å². The van der Waals surface area contributed by atoms with Gasteiger partial charge in [0.1, 0.15) is 12.4 Å². The number of hydrogen-bond donors (Lipinski definition) is 0. The summed E-state index contributed by atoms with van der Waals surface area (Å²) in [7, 11) is 0. The predicted octanol–water partition coefficient (Wildman–Crippen LogP) is 15.5. The van der Waals surface area contributed by atoms with Crippen LogP contribution in [-0.4, -0.2) is 4.57 Å². The van der Waals surface area contributed by atoms with Crippen LogP contribution >= 0.6 is 0 Å². The van der Waals surface area contributed by atoms with Crippen molar-refractivity contribution in [2.24, 2.45) is 0 Å². The molecule has 52 heavy (non-hydrogen) atoms. The number of benzene rings is 2. The Morgan fingerprint density at radius 3 is 1.44 bits per heavy atom. The molecule has 3 aromatic rings. The van der Waals surface area contributed by atoms with Gasteiger partial charge in [0, 0.05) is 6.42 Å². The zero-order valence-electron chi connectivity index (χ0n) is 34.7. The highest BCUT2D eigenvalue weighted by Crippen LogP contribution is 2.27. The van der Waals surface area contributed by atoms with Crippen LogP contribution in [0.2, 0.25) is 0 Å². The molecule has 2 heteroatoms. The molecule has 0 fully saturated rings. The number of nitrogens with zero attached hydrogens (tertiary/aromatic N) is 2. The highest BCUT2D eigenvalue weighted by Gasteiger charge is 2.23. The Labute approximate surface area is 323 Å². The molecule has 1 heterocycles. The molecule has 3 rings (SSSR count). The van der Waals surface area contributed by atoms with Crippen molar-refractivity contribution in [1.82, 2.24) is 4.57 Å². The first kappa shape index (κ1) is 44.0. The van der Waals surface area contributed by atoms with Gasteiger partial charge in [0.15, 0.2) is 0 Å². The zero-order valence-corrected chi connectivity index (χ0v) is 34.7. The summed E-state index contributed by atoms with van der Waals surface area (Å²) in [5, 5.41) is 0. The highest BCUT2D eigenvalue weighted by molar-refractivity contribution is 5.24. The molecule has 0 bridgehead atoms. The molecule has 0 spiro atoms. The van der Waals surface area contributed by atoms with E-state index in [1.54, 1.807) is 5.82 Å². The van der Waals surface area contributed by atoms with Crippen LogP contribution in [0.5, 0.6) is 0 Å². The van der Waals surface area contributed by atoms with Crippen molar-refractivity contribution in [2.45, 2.75) is 225 Å². The van der Waals surface area contributed by atoms with Crippen molar-refractivity contribution in [2.75, 3.05) is 0 Å². The van der Waals surface area contributed by atoms with Gasteiger partial charge in [-0.25, -0.2) is 9.13 Å². The van der Waals surface area contributed by atoms with Crippen LogP contribution < -0.4 is 4.57 Å². The zero-order chi connectivity index (χ0) is 36.7. The second-order valence-corrected chi connectivity index (χ2v) is 16.4. The molecule has 0 amide bonds. The minimum atomic E-state index is 0.531. The van der Waals surface area contributed by atoms with Crippen LogP contribution in [-0.2, 0) is 19.4 Å². The summed E-state index contributed by atoms with van der Waals surface area (Å²) in [5.41, 5.74) is 2.93. The number of unbranched alkanes of at least 4 members (excludes halogenated alkanes) is 23. The molecule has 1 aromatic heterocycles. The van der Waals surface area contributed by atoms with Crippen molar-refractivity contribution in [1.29, 1.82) is 0 Å². The van der Waals surface area contributed by atoms with Crippen LogP contribution in [0.3, 0.4) is 0 Å². The number of hydrogen-bond acceptors (Lipinski definition) is 0. The Morgan fingerprint density at radius 1 is 0.500 bits per heavy atom. The number of aryl methyl sites for hydroxylation is 1. The minimum Gasteiger partial charge on any atom is -0.234 e. The molecule has 2 aromatic carbocycles. The second-order valence-electron chi connectivity index (χ2n) is 16.4. The summed E-state index contributed by atoms with van der Waals surface area (Å²) >= 11 is 0. The molecule has 0 radical (unpaired) electrons. The van der Waals surface area contributed by atoms with Crippen molar-refractivity contribution in [3.8, 4) is 0 Å². The van der Waals surface area contributed by atoms with Gasteiger partial charge >= 0.3 is 0 Å². The predicted molar refractivity (Wildman–Crippen MR) is 228 cm³/mol. The summed E-state index contributed by atoms with van der Waals surface area (Å²) < 4.78 is 5.30. The maximum absolute atomic E-state index is 2.67. The van der Waals surface area contributed by atoms with E-state index in [1.165, 1.54) is 191 Å². The molecular weight excluding hydrogens is 629 g/mol. The minimum absolute atomic E-state index is 0.531. The largest absolute Gasteiger partial charge is 0.256 e. The average molecular weight is 712 g/mol. The van der Waals surface area contributed by atoms with Gasteiger partial charge in [-0.15, -0.1) is 0 Å². The fraction of sp³-hybridized carbons (Fsp3) is 0.700. The summed E-state index contributed by atoms with van der Waals surface area (Å²) in [6, 6.07) is 23.0. The van der Waals surface area contributed by atoms with Crippen LogP contribution in [0, 0.1) is 0 Å². The Balaban J connectivity index is 1.44. The molecule has 2 nitrogen and oxygen atoms in total. The van der Waals surface area contributed by atoms with Crippen LogP contribution in [0.15, 0.2) is 73.1 Å². The lowest BCUT2D eigenvalue weighted by Gasteiger charge is -2.18. The second kappa shape index (κ2) is 30.0. The van der Waals surface area contributed by atoms with Gasteiger partial charge in [-0.05, 0) is 62.5 Å². The van der Waals surface area contributed by atoms with E-state index in [-0.39, 0.29) is 0 Å². The topological polar surface area (TPSA) is 8.81 Å². The first-order chi connectivity index (χ1) is 25.7. The first-order valence-electron chi connectivity index (χ1n) is 22.9. The van der Waals surface area contributed by atoms with Crippen molar-refractivity contribution in [3.63, 3.8) is 0 Å². The third-order valence-electron chi connectivity index (χ3n) is 11.8. The van der Waals surface area contributed by atoms with Gasteiger partial charge in [-0.2, -0.15) is 0 Å². The molecule has 0 N–H and O–H groups in total. The van der Waals surface area contributed by atoms with E-state index in [1.807, 2.05) is 0 Å². The fourth-order valence-corrected chi connectivity index (χ4v) is 8.38.